The quantitative estimate of drug-likeness (QED) is 0.824. The first-order chi connectivity index (χ1) is 9.03. The van der Waals surface area contributed by atoms with Gasteiger partial charge in [0.25, 0.3) is 0 Å². The largest absolute Gasteiger partial charge is 0.369 e. The van der Waals surface area contributed by atoms with E-state index in [2.05, 4.69) is 71.3 Å². The summed E-state index contributed by atoms with van der Waals surface area (Å²) in [6, 6.07) is 6.68. The Labute approximate surface area is 124 Å². The Morgan fingerprint density at radius 1 is 1.53 bits per heavy atom. The molecule has 3 heteroatoms. The topological polar surface area (TPSA) is 15.3 Å². The van der Waals surface area contributed by atoms with E-state index < -0.39 is 0 Å². The van der Waals surface area contributed by atoms with Crippen molar-refractivity contribution >= 4 is 21.6 Å². The zero-order chi connectivity index (χ0) is 13.6. The molecule has 0 unspecified atom stereocenters. The fourth-order valence-corrected chi connectivity index (χ4v) is 3.88. The molecule has 2 aliphatic heterocycles. The molecule has 0 aliphatic carbocycles. The Morgan fingerprint density at radius 2 is 2.32 bits per heavy atom. The third-order valence-corrected chi connectivity index (χ3v) is 5.05. The van der Waals surface area contributed by atoms with Crippen LogP contribution in [0.3, 0.4) is 0 Å². The van der Waals surface area contributed by atoms with Crippen molar-refractivity contribution in [2.45, 2.75) is 38.3 Å². The van der Waals surface area contributed by atoms with Crippen LogP contribution in [0.1, 0.15) is 32.3 Å². The Hall–Kier alpha value is -0.800. The molecule has 2 heterocycles. The summed E-state index contributed by atoms with van der Waals surface area (Å²) in [4.78, 5) is 2.45. The lowest BCUT2D eigenvalue weighted by atomic mass is 9.76. The summed E-state index contributed by atoms with van der Waals surface area (Å²) >= 11 is 3.57. The number of halogens is 1. The molecule has 0 saturated carbocycles. The molecule has 3 rings (SSSR count). The molecule has 1 aromatic carbocycles. The summed E-state index contributed by atoms with van der Waals surface area (Å²) in [5.41, 5.74) is 4.45. The van der Waals surface area contributed by atoms with Gasteiger partial charge in [0.15, 0.2) is 0 Å². The number of likely N-dealkylation sites (tertiary alicyclic amines) is 1. The van der Waals surface area contributed by atoms with Crippen LogP contribution in [0.2, 0.25) is 0 Å². The molecule has 1 saturated heterocycles. The monoisotopic (exact) mass is 320 g/mol. The molecule has 1 N–H and O–H groups in total. The number of benzene rings is 1. The first-order valence-corrected chi connectivity index (χ1v) is 7.72. The summed E-state index contributed by atoms with van der Waals surface area (Å²) in [6.07, 6.45) is 5.20. The van der Waals surface area contributed by atoms with E-state index in [1.165, 1.54) is 29.8 Å². The number of fused-ring (bicyclic) bond motifs is 3. The molecule has 0 spiro atoms. The van der Waals surface area contributed by atoms with Crippen molar-refractivity contribution in [3.05, 3.63) is 39.9 Å². The lowest BCUT2D eigenvalue weighted by molar-refractivity contribution is 0.285. The molecule has 2 atom stereocenters. The summed E-state index contributed by atoms with van der Waals surface area (Å²) in [7, 11) is 2.23. The van der Waals surface area contributed by atoms with Gasteiger partial charge < -0.3 is 5.32 Å². The van der Waals surface area contributed by atoms with Gasteiger partial charge >= 0.3 is 0 Å². The van der Waals surface area contributed by atoms with Gasteiger partial charge in [-0.2, -0.15) is 0 Å². The van der Waals surface area contributed by atoms with Crippen LogP contribution < -0.4 is 5.32 Å². The minimum absolute atomic E-state index is 0.252. The Balaban J connectivity index is 2.06. The molecule has 0 amide bonds. The van der Waals surface area contributed by atoms with Crippen molar-refractivity contribution < 1.29 is 0 Å². The van der Waals surface area contributed by atoms with Crippen molar-refractivity contribution in [3.63, 3.8) is 0 Å². The summed E-state index contributed by atoms with van der Waals surface area (Å²) in [5.74, 6) is 0. The Bertz CT molecular complexity index is 534. The molecule has 2 aliphatic rings. The summed E-state index contributed by atoms with van der Waals surface area (Å²) < 4.78 is 1.15. The highest BCUT2D eigenvalue weighted by Crippen LogP contribution is 2.51. The van der Waals surface area contributed by atoms with Crippen molar-refractivity contribution in [3.8, 4) is 0 Å². The molecule has 19 heavy (non-hydrogen) atoms. The molecule has 1 fully saturated rings. The molecule has 102 valence electrons. The lowest BCUT2D eigenvalue weighted by Crippen LogP contribution is -2.41. The predicted molar refractivity (Wildman–Crippen MR) is 84.5 cm³/mol. The van der Waals surface area contributed by atoms with Crippen molar-refractivity contribution in [1.29, 1.82) is 0 Å². The maximum Gasteiger partial charge on any atom is 0.0894 e. The second-order valence-electron chi connectivity index (χ2n) is 6.11. The second kappa shape index (κ2) is 4.64. The minimum atomic E-state index is 0.252. The van der Waals surface area contributed by atoms with Crippen LogP contribution in [0.15, 0.2) is 34.3 Å². The van der Waals surface area contributed by atoms with Gasteiger partial charge in [-0.25, -0.2) is 0 Å². The highest BCUT2D eigenvalue weighted by atomic mass is 79.9. The average molecular weight is 321 g/mol. The van der Waals surface area contributed by atoms with E-state index in [1.807, 2.05) is 0 Å². The van der Waals surface area contributed by atoms with Gasteiger partial charge in [-0.05, 0) is 51.4 Å². The van der Waals surface area contributed by atoms with E-state index in [0.717, 1.165) is 10.9 Å². The summed E-state index contributed by atoms with van der Waals surface area (Å²) in [6.45, 7) is 5.55. The highest BCUT2D eigenvalue weighted by Gasteiger charge is 2.51. The standard InChI is InChI=1S/C16H21BrN2/c1-11(2)6-7-16-8-9-19(3)15(16)18-14-10-12(17)4-5-13(14)16/h4-6,10,15,18H,7-9H2,1-3H3/t15-,16-/m0/s1. The van der Waals surface area contributed by atoms with E-state index >= 15 is 0 Å². The van der Waals surface area contributed by atoms with E-state index in [0.29, 0.717) is 6.17 Å². The first kappa shape index (κ1) is 13.2. The van der Waals surface area contributed by atoms with E-state index in [-0.39, 0.29) is 5.41 Å². The third kappa shape index (κ3) is 2.03. The molecular weight excluding hydrogens is 300 g/mol. The van der Waals surface area contributed by atoms with Gasteiger partial charge in [0.05, 0.1) is 6.17 Å². The van der Waals surface area contributed by atoms with Gasteiger partial charge in [-0.1, -0.05) is 33.6 Å². The molecule has 0 bridgehead atoms. The lowest BCUT2D eigenvalue weighted by Gasteiger charge is -2.30. The average Bonchev–Trinajstić information content (AvgIpc) is 2.83. The van der Waals surface area contributed by atoms with Crippen LogP contribution in [0.5, 0.6) is 0 Å². The zero-order valence-corrected chi connectivity index (χ0v) is 13.4. The van der Waals surface area contributed by atoms with Crippen molar-refractivity contribution in [2.75, 3.05) is 18.9 Å². The number of nitrogens with one attached hydrogen (secondary N) is 1. The van der Waals surface area contributed by atoms with Crippen LogP contribution in [-0.4, -0.2) is 24.7 Å². The van der Waals surface area contributed by atoms with Crippen LogP contribution in [-0.2, 0) is 5.41 Å². The maximum atomic E-state index is 3.72. The van der Waals surface area contributed by atoms with Crippen LogP contribution >= 0.6 is 15.9 Å². The molecular formula is C16H21BrN2. The van der Waals surface area contributed by atoms with Gasteiger partial charge in [-0.3, -0.25) is 4.90 Å². The minimum Gasteiger partial charge on any atom is -0.369 e. The van der Waals surface area contributed by atoms with E-state index in [4.69, 9.17) is 0 Å². The number of allylic oxidation sites excluding steroid dienone is 2. The van der Waals surface area contributed by atoms with Crippen LogP contribution in [0.4, 0.5) is 5.69 Å². The van der Waals surface area contributed by atoms with E-state index in [1.54, 1.807) is 0 Å². The Morgan fingerprint density at radius 3 is 3.05 bits per heavy atom. The predicted octanol–water partition coefficient (Wildman–Crippen LogP) is 4.13. The Kier molecular flexibility index (Phi) is 3.22. The molecule has 0 radical (unpaired) electrons. The fourth-order valence-electron chi connectivity index (χ4n) is 3.52. The summed E-state index contributed by atoms with van der Waals surface area (Å²) in [5, 5.41) is 3.72. The van der Waals surface area contributed by atoms with Crippen LogP contribution in [0, 0.1) is 0 Å². The number of hydrogen-bond acceptors (Lipinski definition) is 2. The first-order valence-electron chi connectivity index (χ1n) is 6.93. The fraction of sp³-hybridized carbons (Fsp3) is 0.500. The van der Waals surface area contributed by atoms with Gasteiger partial charge in [-0.15, -0.1) is 0 Å². The van der Waals surface area contributed by atoms with Crippen molar-refractivity contribution in [1.82, 2.24) is 4.90 Å². The molecule has 1 aromatic rings. The van der Waals surface area contributed by atoms with Gasteiger partial charge in [0, 0.05) is 22.1 Å². The highest BCUT2D eigenvalue weighted by molar-refractivity contribution is 9.10. The van der Waals surface area contributed by atoms with Crippen LogP contribution in [0.25, 0.3) is 0 Å². The number of anilines is 1. The number of likely N-dealkylation sites (N-methyl/N-ethyl adjacent to an activating group) is 1. The molecule has 0 aromatic heterocycles. The SMILES string of the molecule is CC(C)=CC[C@@]12CCN(C)[C@@H]1Nc1cc(Br)ccc12. The second-order valence-corrected chi connectivity index (χ2v) is 7.02. The van der Waals surface area contributed by atoms with Gasteiger partial charge in [0.1, 0.15) is 0 Å². The normalized spacial score (nSPS) is 28.7. The zero-order valence-electron chi connectivity index (χ0n) is 11.8. The number of hydrogen-bond donors (Lipinski definition) is 1. The number of nitrogens with zero attached hydrogens (tertiary/aromatic N) is 1. The molecule has 2 nitrogen and oxygen atoms in total. The smallest absolute Gasteiger partial charge is 0.0894 e. The third-order valence-electron chi connectivity index (χ3n) is 4.56. The van der Waals surface area contributed by atoms with Gasteiger partial charge in [0.2, 0.25) is 0 Å². The van der Waals surface area contributed by atoms with Crippen molar-refractivity contribution in [2.24, 2.45) is 0 Å². The maximum absolute atomic E-state index is 3.72. The van der Waals surface area contributed by atoms with E-state index in [9.17, 15) is 0 Å². The number of rotatable bonds is 2.